The van der Waals surface area contributed by atoms with Crippen molar-refractivity contribution >= 4 is 72.8 Å². The van der Waals surface area contributed by atoms with Gasteiger partial charge in [-0.15, -0.1) is 11.3 Å². The molecule has 0 fully saturated rings. The van der Waals surface area contributed by atoms with Gasteiger partial charge in [0.25, 0.3) is 0 Å². The number of alkyl halides is 3. The first kappa shape index (κ1) is 21.3. The van der Waals surface area contributed by atoms with Crippen LogP contribution in [0.4, 0.5) is 17.6 Å². The van der Waals surface area contributed by atoms with Crippen molar-refractivity contribution in [2.75, 3.05) is 0 Å². The molecule has 4 aromatic rings. The SMILES string of the molecule is Cc1nc2sc3cc(-c4ccc(C(F)(F)F)cc4F)ccc3c2c(O)c1Cl.[Na]. The molecule has 28 heavy (non-hydrogen) atoms. The van der Waals surface area contributed by atoms with Gasteiger partial charge in [0.2, 0.25) is 0 Å². The first-order valence-electron chi connectivity index (χ1n) is 7.75. The smallest absolute Gasteiger partial charge is 0.416 e. The molecular formula is C19H10ClF4NNaOS. The van der Waals surface area contributed by atoms with E-state index in [-0.39, 0.29) is 45.9 Å². The van der Waals surface area contributed by atoms with Gasteiger partial charge < -0.3 is 5.11 Å². The van der Waals surface area contributed by atoms with Crippen LogP contribution in [0.2, 0.25) is 5.02 Å². The van der Waals surface area contributed by atoms with Gasteiger partial charge in [0.1, 0.15) is 21.4 Å². The van der Waals surface area contributed by atoms with Gasteiger partial charge in [-0.25, -0.2) is 9.37 Å². The van der Waals surface area contributed by atoms with E-state index in [9.17, 15) is 22.7 Å². The molecule has 9 heteroatoms. The molecule has 2 nitrogen and oxygen atoms in total. The summed E-state index contributed by atoms with van der Waals surface area (Å²) in [7, 11) is 0. The Kier molecular flexibility index (Phi) is 5.68. The number of aryl methyl sites for hydroxylation is 1. The number of aromatic nitrogens is 1. The maximum absolute atomic E-state index is 14.3. The molecule has 0 saturated carbocycles. The molecule has 0 aliphatic carbocycles. The van der Waals surface area contributed by atoms with E-state index in [0.717, 1.165) is 12.1 Å². The molecule has 2 aromatic heterocycles. The average Bonchev–Trinajstić information content (AvgIpc) is 2.96. The van der Waals surface area contributed by atoms with Crippen LogP contribution in [0.15, 0.2) is 36.4 Å². The van der Waals surface area contributed by atoms with Crippen LogP contribution in [-0.2, 0) is 6.18 Å². The molecule has 0 aliphatic heterocycles. The van der Waals surface area contributed by atoms with Crippen molar-refractivity contribution in [1.82, 2.24) is 4.98 Å². The summed E-state index contributed by atoms with van der Waals surface area (Å²) in [5.41, 5.74) is -0.0514. The quantitative estimate of drug-likeness (QED) is 0.272. The number of halogens is 5. The normalized spacial score (nSPS) is 11.8. The first-order valence-corrected chi connectivity index (χ1v) is 8.94. The number of hydrogen-bond acceptors (Lipinski definition) is 3. The van der Waals surface area contributed by atoms with Gasteiger partial charge in [-0.2, -0.15) is 13.2 Å². The number of benzene rings is 2. The Bertz CT molecular complexity index is 1220. The fourth-order valence-electron chi connectivity index (χ4n) is 2.97. The van der Waals surface area contributed by atoms with E-state index in [4.69, 9.17) is 11.6 Å². The molecule has 0 saturated heterocycles. The maximum atomic E-state index is 14.3. The van der Waals surface area contributed by atoms with Crippen LogP contribution in [0.1, 0.15) is 11.3 Å². The summed E-state index contributed by atoms with van der Waals surface area (Å²) in [5.74, 6) is -1.02. The van der Waals surface area contributed by atoms with E-state index in [2.05, 4.69) is 4.98 Å². The van der Waals surface area contributed by atoms with E-state index < -0.39 is 17.6 Å². The predicted molar refractivity (Wildman–Crippen MR) is 105 cm³/mol. The second-order valence-corrected chi connectivity index (χ2v) is 7.45. The number of nitrogens with zero attached hydrogens (tertiary/aromatic N) is 1. The first-order chi connectivity index (χ1) is 12.7. The van der Waals surface area contributed by atoms with Crippen molar-refractivity contribution in [2.24, 2.45) is 0 Å². The summed E-state index contributed by atoms with van der Waals surface area (Å²) in [5, 5.41) is 11.7. The summed E-state index contributed by atoms with van der Waals surface area (Å²) < 4.78 is 53.2. The van der Waals surface area contributed by atoms with Crippen molar-refractivity contribution in [1.29, 1.82) is 0 Å². The van der Waals surface area contributed by atoms with E-state index >= 15 is 0 Å². The third-order valence-corrected chi connectivity index (χ3v) is 5.81. The average molecular weight is 435 g/mol. The van der Waals surface area contributed by atoms with Gasteiger partial charge in [-0.05, 0) is 30.7 Å². The monoisotopic (exact) mass is 434 g/mol. The van der Waals surface area contributed by atoms with Crippen LogP contribution in [0.3, 0.4) is 0 Å². The number of thiophene rings is 1. The topological polar surface area (TPSA) is 33.1 Å². The molecule has 0 unspecified atom stereocenters. The number of rotatable bonds is 1. The Morgan fingerprint density at radius 3 is 2.46 bits per heavy atom. The summed E-state index contributed by atoms with van der Waals surface area (Å²) in [4.78, 5) is 4.94. The minimum absolute atomic E-state index is 0. The van der Waals surface area contributed by atoms with Gasteiger partial charge in [0, 0.05) is 45.2 Å². The van der Waals surface area contributed by atoms with Crippen molar-refractivity contribution in [3.05, 3.63) is 58.5 Å². The summed E-state index contributed by atoms with van der Waals surface area (Å²) >= 11 is 7.35. The molecule has 0 atom stereocenters. The van der Waals surface area contributed by atoms with Gasteiger partial charge in [-0.1, -0.05) is 29.8 Å². The van der Waals surface area contributed by atoms with E-state index in [1.54, 1.807) is 25.1 Å². The Labute approximate surface area is 188 Å². The maximum Gasteiger partial charge on any atom is 0.416 e. The van der Waals surface area contributed by atoms with Gasteiger partial charge >= 0.3 is 6.18 Å². The Morgan fingerprint density at radius 1 is 1.11 bits per heavy atom. The van der Waals surface area contributed by atoms with Gasteiger partial charge in [-0.3, -0.25) is 0 Å². The van der Waals surface area contributed by atoms with Crippen molar-refractivity contribution < 1.29 is 22.7 Å². The second kappa shape index (κ2) is 7.46. The molecule has 1 N–H and O–H groups in total. The van der Waals surface area contributed by atoms with Crippen LogP contribution < -0.4 is 0 Å². The van der Waals surface area contributed by atoms with Crippen LogP contribution in [0.25, 0.3) is 31.4 Å². The van der Waals surface area contributed by atoms with E-state index in [1.807, 2.05) is 0 Å². The number of fused-ring (bicyclic) bond motifs is 3. The Hall–Kier alpha value is -1.38. The molecule has 2 heterocycles. The zero-order valence-electron chi connectivity index (χ0n) is 14.7. The number of pyridine rings is 1. The number of hydrogen-bond donors (Lipinski definition) is 1. The van der Waals surface area contributed by atoms with Crippen LogP contribution >= 0.6 is 22.9 Å². The molecule has 0 amide bonds. The minimum Gasteiger partial charge on any atom is -0.506 e. The van der Waals surface area contributed by atoms with Crippen LogP contribution in [0.5, 0.6) is 5.75 Å². The Balaban J connectivity index is 0.00000225. The van der Waals surface area contributed by atoms with Crippen LogP contribution in [0, 0.1) is 12.7 Å². The largest absolute Gasteiger partial charge is 0.506 e. The van der Waals surface area contributed by atoms with Crippen molar-refractivity contribution in [3.63, 3.8) is 0 Å². The molecule has 0 bridgehead atoms. The van der Waals surface area contributed by atoms with E-state index in [1.165, 1.54) is 11.3 Å². The zero-order valence-corrected chi connectivity index (χ0v) is 18.2. The number of aromatic hydroxyl groups is 1. The third-order valence-electron chi connectivity index (χ3n) is 4.31. The van der Waals surface area contributed by atoms with Gasteiger partial charge in [0.15, 0.2) is 0 Å². The molecule has 139 valence electrons. The summed E-state index contributed by atoms with van der Waals surface area (Å²) in [6.45, 7) is 1.68. The molecule has 4 rings (SSSR count). The fourth-order valence-corrected chi connectivity index (χ4v) is 4.27. The molecule has 1 radical (unpaired) electrons. The molecule has 0 aliphatic rings. The fraction of sp³-hybridized carbons (Fsp3) is 0.105. The van der Waals surface area contributed by atoms with Crippen LogP contribution in [-0.4, -0.2) is 39.6 Å². The summed E-state index contributed by atoms with van der Waals surface area (Å²) in [6.07, 6.45) is -4.60. The van der Waals surface area contributed by atoms with Crippen molar-refractivity contribution in [3.8, 4) is 16.9 Å². The standard InChI is InChI=1S/C19H10ClF4NOS.Na/c1-8-16(20)17(26)15-12-4-2-9(6-14(12)27-18(15)25-8)11-5-3-10(7-13(11)21)19(22,23)24;/h2-7H,1H3,(H,25,26);. The molecule has 2 aromatic carbocycles. The second-order valence-electron chi connectivity index (χ2n) is 6.05. The van der Waals surface area contributed by atoms with Crippen molar-refractivity contribution in [2.45, 2.75) is 13.1 Å². The molecule has 0 spiro atoms. The van der Waals surface area contributed by atoms with Gasteiger partial charge in [0.05, 0.1) is 16.6 Å². The predicted octanol–water partition coefficient (Wildman–Crippen LogP) is 6.56. The third kappa shape index (κ3) is 3.50. The molecular weight excluding hydrogens is 425 g/mol. The zero-order chi connectivity index (χ0) is 19.5. The summed E-state index contributed by atoms with van der Waals surface area (Å²) in [6, 6.07) is 7.38. The minimum atomic E-state index is -4.60. The van der Waals surface area contributed by atoms with E-state index in [0.29, 0.717) is 37.6 Å². The Morgan fingerprint density at radius 2 is 1.82 bits per heavy atom.